The number of phenolic OH excluding ortho intramolecular Hbond substituents is 1. The number of nitrogens with one attached hydrogen (secondary N) is 2. The molecule has 2 heterocycles. The van der Waals surface area contributed by atoms with Crippen LogP contribution in [0.1, 0.15) is 54.1 Å². The summed E-state index contributed by atoms with van der Waals surface area (Å²) in [5, 5.41) is 20.0. The van der Waals surface area contributed by atoms with Crippen molar-refractivity contribution in [2.45, 2.75) is 42.9 Å². The van der Waals surface area contributed by atoms with Gasteiger partial charge in [-0.15, -0.1) is 11.3 Å². The third kappa shape index (κ3) is 5.93. The van der Waals surface area contributed by atoms with Gasteiger partial charge in [-0.3, -0.25) is 19.8 Å². The molecule has 0 spiro atoms. The van der Waals surface area contributed by atoms with Gasteiger partial charge in [-0.1, -0.05) is 20.8 Å². The first kappa shape index (κ1) is 28.5. The number of sulfonamides is 1. The summed E-state index contributed by atoms with van der Waals surface area (Å²) in [5.41, 5.74) is 4.94. The van der Waals surface area contributed by atoms with Gasteiger partial charge >= 0.3 is 6.03 Å². The summed E-state index contributed by atoms with van der Waals surface area (Å²) in [4.78, 5) is 37.9. The van der Waals surface area contributed by atoms with Gasteiger partial charge in [0, 0.05) is 41.4 Å². The Morgan fingerprint density at radius 3 is 2.35 bits per heavy atom. The fraction of sp³-hybridized carbons (Fsp3) is 0.381. The van der Waals surface area contributed by atoms with Crippen LogP contribution in [0.25, 0.3) is 0 Å². The molecule has 7 N–H and O–H groups in total. The van der Waals surface area contributed by atoms with Crippen LogP contribution < -0.4 is 26.4 Å². The molecule has 1 aliphatic rings. The first-order chi connectivity index (χ1) is 16.8. The number of benzene rings is 1. The molecule has 1 aromatic heterocycles. The number of amides is 4. The van der Waals surface area contributed by atoms with Crippen LogP contribution in [0.5, 0.6) is 5.75 Å². The Labute approximate surface area is 217 Å². The summed E-state index contributed by atoms with van der Waals surface area (Å²) in [7, 11) is -8.46. The van der Waals surface area contributed by atoms with Crippen molar-refractivity contribution in [3.8, 4) is 5.75 Å². The maximum absolute atomic E-state index is 13.3. The van der Waals surface area contributed by atoms with Gasteiger partial charge in [0.05, 0.1) is 5.56 Å². The molecule has 37 heavy (non-hydrogen) atoms. The molecule has 1 saturated heterocycles. The van der Waals surface area contributed by atoms with Gasteiger partial charge in [0.15, 0.2) is 9.84 Å². The van der Waals surface area contributed by atoms with Gasteiger partial charge in [-0.25, -0.2) is 26.8 Å². The molecule has 3 rings (SSSR count). The van der Waals surface area contributed by atoms with E-state index < -0.39 is 59.1 Å². The topological polar surface area (TPSA) is 219 Å². The van der Waals surface area contributed by atoms with E-state index in [1.807, 2.05) is 0 Å². The first-order valence-electron chi connectivity index (χ1n) is 10.7. The normalized spacial score (nSPS) is 15.9. The number of urea groups is 1. The van der Waals surface area contributed by atoms with E-state index in [1.165, 1.54) is 17.0 Å². The van der Waals surface area contributed by atoms with Crippen LogP contribution in [0.15, 0.2) is 22.4 Å². The van der Waals surface area contributed by atoms with Crippen LogP contribution in [0.3, 0.4) is 0 Å². The molecule has 4 amide bonds. The molecule has 202 valence electrons. The highest BCUT2D eigenvalue weighted by atomic mass is 32.2. The second-order valence-corrected chi connectivity index (χ2v) is 14.0. The standard InChI is InChI=1S/C21H27N5O8S3/c1-21(2,3)13-8-10(26-6-5-14(27)24-20(26)30)7-11(15(13)28)18(29)25-19-16(37(23,33)34)12(9-35-19)17(22)36(4,31)32/h7-9,17,28H,5-6,22H2,1-4H3,(H,25,29)(H2,23,33,34)(H,24,27,30). The highest BCUT2D eigenvalue weighted by molar-refractivity contribution is 7.91. The molecule has 1 fully saturated rings. The summed E-state index contributed by atoms with van der Waals surface area (Å²) in [6, 6.07) is 2.04. The van der Waals surface area contributed by atoms with Gasteiger partial charge in [0.25, 0.3) is 5.91 Å². The molecule has 0 bridgehead atoms. The fourth-order valence-electron chi connectivity index (χ4n) is 3.67. The Hall–Kier alpha value is -3.05. The number of hydrogen-bond donors (Lipinski definition) is 5. The fourth-order valence-corrected chi connectivity index (χ4v) is 6.75. The van der Waals surface area contributed by atoms with Crippen LogP contribution in [0, 0.1) is 0 Å². The maximum Gasteiger partial charge on any atom is 0.328 e. The summed E-state index contributed by atoms with van der Waals surface area (Å²) >= 11 is 0.690. The number of nitrogens with two attached hydrogens (primary N) is 2. The molecule has 16 heteroatoms. The van der Waals surface area contributed by atoms with Crippen LogP contribution in [-0.4, -0.2) is 52.6 Å². The molecule has 0 radical (unpaired) electrons. The minimum absolute atomic E-state index is 0.0231. The predicted molar refractivity (Wildman–Crippen MR) is 138 cm³/mol. The summed E-state index contributed by atoms with van der Waals surface area (Å²) in [5.74, 6) is -1.82. The van der Waals surface area contributed by atoms with Crippen LogP contribution in [0.2, 0.25) is 0 Å². The van der Waals surface area contributed by atoms with Crippen molar-refractivity contribution in [3.63, 3.8) is 0 Å². The van der Waals surface area contributed by atoms with E-state index in [2.05, 4.69) is 10.6 Å². The van der Waals surface area contributed by atoms with Crippen molar-refractivity contribution >= 4 is 59.7 Å². The molecular weight excluding hydrogens is 546 g/mol. The number of nitrogens with zero attached hydrogens (tertiary/aromatic N) is 1. The Morgan fingerprint density at radius 1 is 1.22 bits per heavy atom. The van der Waals surface area contributed by atoms with E-state index in [0.29, 0.717) is 16.9 Å². The van der Waals surface area contributed by atoms with Gasteiger partial charge in [-0.05, 0) is 17.5 Å². The van der Waals surface area contributed by atoms with E-state index in [0.717, 1.165) is 11.6 Å². The quantitative estimate of drug-likeness (QED) is 0.333. The zero-order valence-electron chi connectivity index (χ0n) is 20.4. The number of carbonyl (C=O) groups excluding carboxylic acids is 3. The molecular formula is C21H27N5O8S3. The number of phenols is 1. The Kier molecular flexibility index (Phi) is 7.46. The number of imide groups is 1. The molecule has 1 atom stereocenters. The van der Waals surface area contributed by atoms with Crippen molar-refractivity contribution in [2.24, 2.45) is 10.9 Å². The van der Waals surface area contributed by atoms with Gasteiger partial charge in [0.2, 0.25) is 15.9 Å². The first-order valence-corrected chi connectivity index (χ1v) is 15.1. The van der Waals surface area contributed by atoms with Crippen LogP contribution in [0.4, 0.5) is 15.5 Å². The minimum atomic E-state index is -4.54. The lowest BCUT2D eigenvalue weighted by atomic mass is 9.84. The van der Waals surface area contributed by atoms with Crippen LogP contribution in [-0.2, 0) is 30.1 Å². The van der Waals surface area contributed by atoms with Crippen molar-refractivity contribution in [3.05, 3.63) is 34.2 Å². The van der Waals surface area contributed by atoms with E-state index >= 15 is 0 Å². The summed E-state index contributed by atoms with van der Waals surface area (Å²) < 4.78 is 48.5. The molecule has 0 saturated carbocycles. The SMILES string of the molecule is CC(C)(C)c1cc(N2CCC(=O)NC2=O)cc(C(=O)Nc2scc(C(N)S(C)(=O)=O)c2S(N)(=O)=O)c1O. The number of aromatic hydroxyl groups is 1. The van der Waals surface area contributed by atoms with E-state index in [9.17, 15) is 36.3 Å². The third-order valence-electron chi connectivity index (χ3n) is 5.56. The van der Waals surface area contributed by atoms with Crippen LogP contribution >= 0.6 is 11.3 Å². The number of sulfone groups is 1. The van der Waals surface area contributed by atoms with E-state index in [4.69, 9.17) is 10.9 Å². The number of thiophene rings is 1. The maximum atomic E-state index is 13.3. The molecule has 13 nitrogen and oxygen atoms in total. The molecule has 1 aromatic carbocycles. The number of primary sulfonamides is 1. The minimum Gasteiger partial charge on any atom is -0.507 e. The molecule has 1 aliphatic heterocycles. The van der Waals surface area contributed by atoms with Gasteiger partial charge in [-0.2, -0.15) is 0 Å². The summed E-state index contributed by atoms with van der Waals surface area (Å²) in [6.07, 6.45) is 0.845. The number of carbonyl (C=O) groups is 3. The lowest BCUT2D eigenvalue weighted by Crippen LogP contribution is -2.49. The monoisotopic (exact) mass is 573 g/mol. The Bertz CT molecular complexity index is 1510. The third-order valence-corrected chi connectivity index (χ3v) is 8.79. The van der Waals surface area contributed by atoms with Crippen molar-refractivity contribution < 1.29 is 36.3 Å². The lowest BCUT2D eigenvalue weighted by molar-refractivity contribution is -0.120. The number of anilines is 2. The van der Waals surface area contributed by atoms with Gasteiger partial charge < -0.3 is 16.2 Å². The molecule has 1 unspecified atom stereocenters. The zero-order chi connectivity index (χ0) is 28.1. The van der Waals surface area contributed by atoms with Crippen molar-refractivity contribution in [2.75, 3.05) is 23.0 Å². The Balaban J connectivity index is 2.13. The van der Waals surface area contributed by atoms with Gasteiger partial charge in [0.1, 0.15) is 21.0 Å². The predicted octanol–water partition coefficient (Wildman–Crippen LogP) is 1.10. The lowest BCUT2D eigenvalue weighted by Gasteiger charge is -2.29. The Morgan fingerprint density at radius 2 is 1.84 bits per heavy atom. The van der Waals surface area contributed by atoms with E-state index in [-0.39, 0.29) is 34.8 Å². The molecule has 2 aromatic rings. The average Bonchev–Trinajstić information content (AvgIpc) is 3.15. The highest BCUT2D eigenvalue weighted by Gasteiger charge is 2.33. The zero-order valence-corrected chi connectivity index (χ0v) is 22.8. The summed E-state index contributed by atoms with van der Waals surface area (Å²) in [6.45, 7) is 5.34. The van der Waals surface area contributed by atoms with Crippen molar-refractivity contribution in [1.29, 1.82) is 0 Å². The van der Waals surface area contributed by atoms with Crippen molar-refractivity contribution in [1.82, 2.24) is 5.32 Å². The number of hydrogen-bond acceptors (Lipinski definition) is 10. The van der Waals surface area contributed by atoms with E-state index in [1.54, 1.807) is 20.8 Å². The second kappa shape index (κ2) is 9.68. The highest BCUT2D eigenvalue weighted by Crippen LogP contribution is 2.40. The smallest absolute Gasteiger partial charge is 0.328 e. The largest absolute Gasteiger partial charge is 0.507 e. The second-order valence-electron chi connectivity index (χ2n) is 9.49. The number of rotatable bonds is 6. The molecule has 0 aliphatic carbocycles. The average molecular weight is 574 g/mol.